The van der Waals surface area contributed by atoms with Gasteiger partial charge in [-0.25, -0.2) is 4.68 Å². The molecule has 3 heterocycles. The molecule has 0 saturated carbocycles. The fourth-order valence-electron chi connectivity index (χ4n) is 5.47. The summed E-state index contributed by atoms with van der Waals surface area (Å²) in [4.78, 5) is 34.4. The van der Waals surface area contributed by atoms with Crippen molar-refractivity contribution < 1.29 is 14.3 Å². The van der Waals surface area contributed by atoms with E-state index in [1.807, 2.05) is 42.2 Å². The summed E-state index contributed by atoms with van der Waals surface area (Å²) in [6.07, 6.45) is 1.46. The number of H-pyrrole nitrogens is 1. The molecule has 1 fully saturated rings. The van der Waals surface area contributed by atoms with Gasteiger partial charge in [-0.3, -0.25) is 9.59 Å². The van der Waals surface area contributed by atoms with Crippen LogP contribution < -0.4 is 10.5 Å². The van der Waals surface area contributed by atoms with Crippen LogP contribution in [0.2, 0.25) is 0 Å². The zero-order valence-electron chi connectivity index (χ0n) is 24.0. The van der Waals surface area contributed by atoms with Gasteiger partial charge in [-0.2, -0.15) is 10.4 Å². The molecule has 1 saturated heterocycles. The van der Waals surface area contributed by atoms with Crippen molar-refractivity contribution in [2.24, 2.45) is 0 Å². The Morgan fingerprint density at radius 2 is 1.77 bits per heavy atom. The van der Waals surface area contributed by atoms with Crippen LogP contribution in [0.5, 0.6) is 11.5 Å². The number of nitrogens with zero attached hydrogens (tertiary/aromatic N) is 5. The van der Waals surface area contributed by atoms with Crippen LogP contribution in [0, 0.1) is 18.3 Å². The molecule has 0 spiro atoms. The number of carbonyl (C=O) groups is 2. The van der Waals surface area contributed by atoms with Gasteiger partial charge in [-0.15, -0.1) is 0 Å². The maximum absolute atomic E-state index is 13.6. The fourth-order valence-corrected chi connectivity index (χ4v) is 5.47. The molecule has 1 aliphatic heterocycles. The number of aromatic amines is 1. The molecule has 2 aromatic heterocycles. The number of piperazine rings is 1. The predicted octanol–water partition coefficient (Wildman–Crippen LogP) is 4.92. The number of ketones is 1. The third-order valence-electron chi connectivity index (χ3n) is 7.89. The number of hydrogen-bond acceptors (Lipinski definition) is 7. The van der Waals surface area contributed by atoms with Crippen molar-refractivity contribution in [1.29, 1.82) is 5.26 Å². The van der Waals surface area contributed by atoms with E-state index in [9.17, 15) is 9.59 Å². The summed E-state index contributed by atoms with van der Waals surface area (Å²) in [6.45, 7) is 8.05. The van der Waals surface area contributed by atoms with Crippen LogP contribution >= 0.6 is 0 Å². The van der Waals surface area contributed by atoms with E-state index in [0.717, 1.165) is 25.2 Å². The average Bonchev–Trinajstić information content (AvgIpc) is 3.64. The summed E-state index contributed by atoms with van der Waals surface area (Å²) >= 11 is 0. The number of benzene rings is 3. The number of likely N-dealkylation sites (N-methyl/N-ethyl adjacent to an activating group) is 1. The lowest BCUT2D eigenvalue weighted by Crippen LogP contribution is -2.48. The summed E-state index contributed by atoms with van der Waals surface area (Å²) in [5, 5.41) is 14.3. The predicted molar refractivity (Wildman–Crippen MR) is 164 cm³/mol. The molecule has 1 aliphatic rings. The van der Waals surface area contributed by atoms with Crippen LogP contribution in [0.3, 0.4) is 0 Å². The quantitative estimate of drug-likeness (QED) is 0.264. The molecule has 43 heavy (non-hydrogen) atoms. The largest absolute Gasteiger partial charge is 0.457 e. The van der Waals surface area contributed by atoms with E-state index in [0.29, 0.717) is 58.0 Å². The molecular weight excluding hydrogens is 542 g/mol. The molecule has 0 atom stereocenters. The third kappa shape index (κ3) is 5.34. The molecule has 5 aromatic rings. The normalized spacial score (nSPS) is 13.7. The topological polar surface area (TPSA) is 133 Å². The van der Waals surface area contributed by atoms with E-state index in [1.54, 1.807) is 36.4 Å². The number of amides is 1. The minimum Gasteiger partial charge on any atom is -0.457 e. The first kappa shape index (κ1) is 27.8. The summed E-state index contributed by atoms with van der Waals surface area (Å²) in [7, 11) is 0. The Morgan fingerprint density at radius 3 is 2.51 bits per heavy atom. The van der Waals surface area contributed by atoms with Gasteiger partial charge in [0.05, 0.1) is 34.8 Å². The van der Waals surface area contributed by atoms with E-state index >= 15 is 0 Å². The Bertz CT molecular complexity index is 1890. The minimum atomic E-state index is -0.315. The summed E-state index contributed by atoms with van der Waals surface area (Å²) in [5.41, 5.74) is 10.4. The zero-order chi connectivity index (χ0) is 30.1. The molecule has 0 unspecified atom stereocenters. The van der Waals surface area contributed by atoms with Gasteiger partial charge in [-0.05, 0) is 73.6 Å². The molecular formula is C33H31N7O3. The van der Waals surface area contributed by atoms with Gasteiger partial charge < -0.3 is 25.3 Å². The van der Waals surface area contributed by atoms with Gasteiger partial charge in [0.2, 0.25) is 5.78 Å². The number of hydrogen-bond donors (Lipinski definition) is 2. The Balaban J connectivity index is 1.24. The lowest BCUT2D eigenvalue weighted by molar-refractivity contribution is 0.0645. The van der Waals surface area contributed by atoms with Gasteiger partial charge in [0.1, 0.15) is 17.3 Å². The average molecular weight is 574 g/mol. The van der Waals surface area contributed by atoms with E-state index in [2.05, 4.69) is 28.0 Å². The van der Waals surface area contributed by atoms with Gasteiger partial charge in [-0.1, -0.05) is 19.1 Å². The second kappa shape index (κ2) is 11.5. The maximum Gasteiger partial charge on any atom is 0.254 e. The van der Waals surface area contributed by atoms with Crippen LogP contribution in [0.25, 0.3) is 16.6 Å². The number of carbonyl (C=O) groups excluding carboxylic acids is 2. The number of ether oxygens (including phenoxy) is 1. The molecule has 1 amide bonds. The first-order chi connectivity index (χ1) is 20.9. The van der Waals surface area contributed by atoms with Crippen LogP contribution in [-0.4, -0.2) is 69.0 Å². The molecule has 10 nitrogen and oxygen atoms in total. The Hall–Kier alpha value is -5.40. The Kier molecular flexibility index (Phi) is 7.40. The Labute approximate surface area is 248 Å². The van der Waals surface area contributed by atoms with E-state index in [1.165, 1.54) is 10.9 Å². The van der Waals surface area contributed by atoms with Gasteiger partial charge >= 0.3 is 0 Å². The first-order valence-electron chi connectivity index (χ1n) is 14.2. The summed E-state index contributed by atoms with van der Waals surface area (Å²) < 4.78 is 7.45. The summed E-state index contributed by atoms with van der Waals surface area (Å²) in [5.74, 6) is 0.999. The van der Waals surface area contributed by atoms with Crippen LogP contribution in [0.1, 0.15) is 44.5 Å². The molecule has 0 radical (unpaired) electrons. The SMILES string of the molecule is CCN1CCN(C(=O)c2cccc3[nH]c(C(=O)c4cnn(-c5ccc(Oc6cccc(C#N)c6)cc5C)c4N)cc23)CC1. The van der Waals surface area contributed by atoms with Crippen molar-refractivity contribution in [1.82, 2.24) is 24.6 Å². The minimum absolute atomic E-state index is 0.0349. The smallest absolute Gasteiger partial charge is 0.254 e. The number of nitrogen functional groups attached to an aromatic ring is 1. The van der Waals surface area contributed by atoms with Crippen LogP contribution in [0.15, 0.2) is 72.9 Å². The van der Waals surface area contributed by atoms with Gasteiger partial charge in [0.15, 0.2) is 0 Å². The summed E-state index contributed by atoms with van der Waals surface area (Å²) in [6, 6.07) is 21.7. The standard InChI is InChI=1S/C33H31N7O3/c1-3-38-12-14-39(15-13-38)33(42)25-8-5-9-28-26(25)18-29(37-28)31(41)27-20-36-40(32(27)35)30-11-10-24(16-21(30)2)43-23-7-4-6-22(17-23)19-34/h4-11,16-18,20,37H,3,12-15,35H2,1-2H3. The zero-order valence-corrected chi connectivity index (χ0v) is 24.0. The highest BCUT2D eigenvalue weighted by Gasteiger charge is 2.25. The fraction of sp³-hybridized carbons (Fsp3) is 0.212. The van der Waals surface area contributed by atoms with Crippen molar-refractivity contribution in [2.45, 2.75) is 13.8 Å². The molecule has 6 rings (SSSR count). The molecule has 3 N–H and O–H groups in total. The molecule has 10 heteroatoms. The van der Waals surface area contributed by atoms with Gasteiger partial charge in [0, 0.05) is 42.6 Å². The number of anilines is 1. The van der Waals surface area contributed by atoms with Crippen molar-refractivity contribution in [3.63, 3.8) is 0 Å². The van der Waals surface area contributed by atoms with E-state index in [4.69, 9.17) is 15.7 Å². The number of nitriles is 1. The van der Waals surface area contributed by atoms with Crippen molar-refractivity contribution in [2.75, 3.05) is 38.5 Å². The number of aromatic nitrogens is 3. The highest BCUT2D eigenvalue weighted by atomic mass is 16.5. The molecule has 0 bridgehead atoms. The molecule has 216 valence electrons. The lowest BCUT2D eigenvalue weighted by atomic mass is 10.1. The maximum atomic E-state index is 13.6. The first-order valence-corrected chi connectivity index (χ1v) is 14.2. The van der Waals surface area contributed by atoms with Crippen LogP contribution in [0.4, 0.5) is 5.82 Å². The lowest BCUT2D eigenvalue weighted by Gasteiger charge is -2.34. The highest BCUT2D eigenvalue weighted by Crippen LogP contribution is 2.29. The number of rotatable bonds is 7. The molecule has 3 aromatic carbocycles. The van der Waals surface area contributed by atoms with E-state index in [-0.39, 0.29) is 23.1 Å². The number of aryl methyl sites for hydroxylation is 1. The number of fused-ring (bicyclic) bond motifs is 1. The number of nitrogens with one attached hydrogen (secondary N) is 1. The van der Waals surface area contributed by atoms with Crippen molar-refractivity contribution in [3.8, 4) is 23.3 Å². The number of nitrogens with two attached hydrogens (primary N) is 1. The van der Waals surface area contributed by atoms with Gasteiger partial charge in [0.25, 0.3) is 5.91 Å². The van der Waals surface area contributed by atoms with E-state index < -0.39 is 0 Å². The monoisotopic (exact) mass is 573 g/mol. The van der Waals surface area contributed by atoms with Crippen molar-refractivity contribution in [3.05, 3.63) is 101 Å². The Morgan fingerprint density at radius 1 is 1.00 bits per heavy atom. The van der Waals surface area contributed by atoms with Crippen molar-refractivity contribution >= 4 is 28.4 Å². The molecule has 0 aliphatic carbocycles. The third-order valence-corrected chi connectivity index (χ3v) is 7.89. The second-order valence-corrected chi connectivity index (χ2v) is 10.6. The second-order valence-electron chi connectivity index (χ2n) is 10.6. The van der Waals surface area contributed by atoms with Crippen LogP contribution in [-0.2, 0) is 0 Å². The highest BCUT2D eigenvalue weighted by molar-refractivity contribution is 6.15.